The second-order valence-corrected chi connectivity index (χ2v) is 13.8. The molecule has 0 radical (unpaired) electrons. The molecule has 2 aromatic carbocycles. The summed E-state index contributed by atoms with van der Waals surface area (Å²) in [5.41, 5.74) is 0.477. The summed E-state index contributed by atoms with van der Waals surface area (Å²) in [6.45, 7) is 3.55. The summed E-state index contributed by atoms with van der Waals surface area (Å²) in [4.78, 5) is 27.8. The maximum atomic E-state index is 14.2. The van der Waals surface area contributed by atoms with Gasteiger partial charge in [-0.3, -0.25) is 9.59 Å². The van der Waals surface area contributed by atoms with Gasteiger partial charge in [-0.15, -0.1) is 0 Å². The molecule has 4 rings (SSSR count). The second-order valence-electron chi connectivity index (χ2n) is 10.8. The normalized spacial score (nSPS) is 25.2. The summed E-state index contributed by atoms with van der Waals surface area (Å²) < 4.78 is 26.3. The molecule has 0 bridgehead atoms. The first kappa shape index (κ1) is 27.9. The molecule has 2 aliphatic rings. The summed E-state index contributed by atoms with van der Waals surface area (Å²) in [6.07, 6.45) is 2.19. The Morgan fingerprint density at radius 2 is 1.78 bits per heavy atom. The van der Waals surface area contributed by atoms with Gasteiger partial charge in [-0.25, -0.2) is 8.42 Å². The molecular formula is C28H33Cl2NO5S. The molecule has 6 nitrogen and oxygen atoms in total. The molecule has 1 aliphatic heterocycles. The van der Waals surface area contributed by atoms with Crippen molar-refractivity contribution in [1.29, 1.82) is 0 Å². The Labute approximate surface area is 228 Å². The Morgan fingerprint density at radius 1 is 1.11 bits per heavy atom. The number of carboxylic acid groups (broad SMARTS) is 1. The van der Waals surface area contributed by atoms with Crippen molar-refractivity contribution in [1.82, 2.24) is 4.90 Å². The van der Waals surface area contributed by atoms with Gasteiger partial charge < -0.3 is 10.0 Å². The minimum Gasteiger partial charge on any atom is -0.481 e. The van der Waals surface area contributed by atoms with E-state index in [-0.39, 0.29) is 42.1 Å². The number of likely N-dealkylation sites (tertiary alicyclic amines) is 1. The maximum absolute atomic E-state index is 14.2. The number of amides is 1. The number of nitrogens with zero attached hydrogens (tertiary/aromatic N) is 1. The van der Waals surface area contributed by atoms with E-state index >= 15 is 0 Å². The minimum atomic E-state index is -3.42. The van der Waals surface area contributed by atoms with Gasteiger partial charge in [-0.1, -0.05) is 61.3 Å². The van der Waals surface area contributed by atoms with Crippen molar-refractivity contribution >= 4 is 44.9 Å². The van der Waals surface area contributed by atoms with Gasteiger partial charge in [-0.2, -0.15) is 0 Å². The summed E-state index contributed by atoms with van der Waals surface area (Å²) in [7, 11) is -3.42. The SMILES string of the molecule is CC[C@@H](CS(=O)(=O)CC1CC1)N1C(=O)[C@](C)(CC(=O)O)C[C@H](c2cccc(Cl)c2)[C@H]1c1ccc(Cl)cc1. The predicted molar refractivity (Wildman–Crippen MR) is 146 cm³/mol. The molecule has 1 aliphatic carbocycles. The molecule has 0 aromatic heterocycles. The number of carbonyl (C=O) groups excluding carboxylic acids is 1. The van der Waals surface area contributed by atoms with Crippen LogP contribution in [-0.4, -0.2) is 47.8 Å². The topological polar surface area (TPSA) is 91.8 Å². The molecule has 0 unspecified atom stereocenters. The Hall–Kier alpha value is -2.09. The molecule has 2 aromatic rings. The summed E-state index contributed by atoms with van der Waals surface area (Å²) in [5, 5.41) is 10.8. The Kier molecular flexibility index (Phi) is 8.27. The van der Waals surface area contributed by atoms with Gasteiger partial charge in [0, 0.05) is 22.0 Å². The maximum Gasteiger partial charge on any atom is 0.304 e. The number of carboxylic acids is 1. The van der Waals surface area contributed by atoms with Crippen LogP contribution < -0.4 is 0 Å². The van der Waals surface area contributed by atoms with E-state index in [4.69, 9.17) is 23.2 Å². The van der Waals surface area contributed by atoms with Crippen LogP contribution in [-0.2, 0) is 19.4 Å². The highest BCUT2D eigenvalue weighted by molar-refractivity contribution is 7.91. The second kappa shape index (κ2) is 11.0. The number of rotatable bonds is 10. The fourth-order valence-corrected chi connectivity index (χ4v) is 8.18. The predicted octanol–water partition coefficient (Wildman–Crippen LogP) is 6.14. The first-order chi connectivity index (χ1) is 17.4. The van der Waals surface area contributed by atoms with Gasteiger partial charge in [0.1, 0.15) is 0 Å². The molecular weight excluding hydrogens is 533 g/mol. The van der Waals surface area contributed by atoms with Crippen molar-refractivity contribution in [2.24, 2.45) is 11.3 Å². The number of sulfone groups is 1. The van der Waals surface area contributed by atoms with Gasteiger partial charge >= 0.3 is 5.97 Å². The summed E-state index contributed by atoms with van der Waals surface area (Å²) >= 11 is 12.5. The van der Waals surface area contributed by atoms with Crippen LogP contribution in [0.15, 0.2) is 48.5 Å². The van der Waals surface area contributed by atoms with Crippen LogP contribution in [0.25, 0.3) is 0 Å². The van der Waals surface area contributed by atoms with Gasteiger partial charge in [0.25, 0.3) is 0 Å². The molecule has 0 spiro atoms. The molecule has 1 saturated heterocycles. The van der Waals surface area contributed by atoms with Crippen molar-refractivity contribution in [3.63, 3.8) is 0 Å². The molecule has 2 fully saturated rings. The van der Waals surface area contributed by atoms with E-state index in [1.165, 1.54) is 0 Å². The van der Waals surface area contributed by atoms with E-state index in [0.717, 1.165) is 24.0 Å². The number of piperidine rings is 1. The van der Waals surface area contributed by atoms with Gasteiger partial charge in [0.05, 0.1) is 29.4 Å². The van der Waals surface area contributed by atoms with E-state index in [2.05, 4.69) is 0 Å². The first-order valence-corrected chi connectivity index (χ1v) is 15.3. The lowest BCUT2D eigenvalue weighted by Gasteiger charge is -2.51. The summed E-state index contributed by atoms with van der Waals surface area (Å²) in [5.74, 6) is -1.53. The number of carbonyl (C=O) groups is 2. The van der Waals surface area contributed by atoms with Crippen LogP contribution in [0, 0.1) is 11.3 Å². The Morgan fingerprint density at radius 3 is 2.35 bits per heavy atom. The molecule has 1 heterocycles. The van der Waals surface area contributed by atoms with Crippen LogP contribution in [0.2, 0.25) is 10.0 Å². The van der Waals surface area contributed by atoms with Gasteiger partial charge in [0.15, 0.2) is 9.84 Å². The zero-order valence-electron chi connectivity index (χ0n) is 21.1. The fourth-order valence-electron chi connectivity index (χ4n) is 5.68. The molecule has 1 N–H and O–H groups in total. The highest BCUT2D eigenvalue weighted by Gasteiger charge is 2.52. The van der Waals surface area contributed by atoms with Crippen molar-refractivity contribution < 1.29 is 23.1 Å². The third kappa shape index (κ3) is 6.50. The molecule has 200 valence electrons. The van der Waals surface area contributed by atoms with Gasteiger partial charge in [0.2, 0.25) is 5.91 Å². The highest BCUT2D eigenvalue weighted by Crippen LogP contribution is 2.52. The highest BCUT2D eigenvalue weighted by atomic mass is 35.5. The smallest absolute Gasteiger partial charge is 0.304 e. The fraction of sp³-hybridized carbons (Fsp3) is 0.500. The monoisotopic (exact) mass is 565 g/mol. The number of hydrogen-bond acceptors (Lipinski definition) is 4. The third-order valence-corrected chi connectivity index (χ3v) is 9.99. The van der Waals surface area contributed by atoms with E-state index < -0.39 is 33.3 Å². The van der Waals surface area contributed by atoms with Crippen molar-refractivity contribution in [2.45, 2.75) is 64.0 Å². The Balaban J connectivity index is 1.86. The number of benzene rings is 2. The third-order valence-electron chi connectivity index (χ3n) is 7.63. The lowest BCUT2D eigenvalue weighted by Crippen LogP contribution is -2.57. The molecule has 1 amide bonds. The number of hydrogen-bond donors (Lipinski definition) is 1. The van der Waals surface area contributed by atoms with Crippen LogP contribution in [0.3, 0.4) is 0 Å². The number of aliphatic carboxylic acids is 1. The van der Waals surface area contributed by atoms with E-state index in [1.807, 2.05) is 37.3 Å². The lowest BCUT2D eigenvalue weighted by molar-refractivity contribution is -0.160. The van der Waals surface area contributed by atoms with Crippen LogP contribution >= 0.6 is 23.2 Å². The lowest BCUT2D eigenvalue weighted by atomic mass is 9.67. The zero-order chi connectivity index (χ0) is 27.0. The quantitative estimate of drug-likeness (QED) is 0.373. The van der Waals surface area contributed by atoms with E-state index in [1.54, 1.807) is 30.0 Å². The van der Waals surface area contributed by atoms with E-state index in [9.17, 15) is 23.1 Å². The molecule has 9 heteroatoms. The van der Waals surface area contributed by atoms with Gasteiger partial charge in [-0.05, 0) is 67.0 Å². The average molecular weight is 567 g/mol. The zero-order valence-corrected chi connectivity index (χ0v) is 23.4. The standard InChI is InChI=1S/C28H33Cl2NO5S/c1-3-23(17-37(35,36)16-18-7-8-18)31-26(19-9-11-21(29)12-10-19)24(20-5-4-6-22(30)13-20)14-28(2,27(31)34)15-25(32)33/h4-6,9-13,18,23-24,26H,3,7-8,14-17H2,1-2H3,(H,32,33)/t23-,24+,26+,28-/m0/s1. The van der Waals surface area contributed by atoms with Crippen molar-refractivity contribution in [3.05, 3.63) is 69.7 Å². The summed E-state index contributed by atoms with van der Waals surface area (Å²) in [6, 6.07) is 13.5. The Bertz CT molecular complexity index is 1260. The van der Waals surface area contributed by atoms with Crippen molar-refractivity contribution in [2.75, 3.05) is 11.5 Å². The van der Waals surface area contributed by atoms with Crippen LogP contribution in [0.5, 0.6) is 0 Å². The largest absolute Gasteiger partial charge is 0.481 e. The number of halogens is 2. The van der Waals surface area contributed by atoms with Crippen LogP contribution in [0.1, 0.15) is 69.0 Å². The molecule has 4 atom stereocenters. The molecule has 1 saturated carbocycles. The average Bonchev–Trinajstić information content (AvgIpc) is 3.62. The van der Waals surface area contributed by atoms with E-state index in [0.29, 0.717) is 16.5 Å². The van der Waals surface area contributed by atoms with Crippen molar-refractivity contribution in [3.8, 4) is 0 Å². The van der Waals surface area contributed by atoms with Crippen LogP contribution in [0.4, 0.5) is 0 Å². The molecule has 37 heavy (non-hydrogen) atoms. The first-order valence-electron chi connectivity index (χ1n) is 12.7. The minimum absolute atomic E-state index is 0.126.